The number of amides is 1. The summed E-state index contributed by atoms with van der Waals surface area (Å²) in [6.45, 7) is -0.343. The molecule has 1 amide bonds. The average molecular weight is 384 g/mol. The summed E-state index contributed by atoms with van der Waals surface area (Å²) in [7, 11) is 0. The maximum absolute atomic E-state index is 12.9. The molecule has 0 N–H and O–H groups in total. The summed E-state index contributed by atoms with van der Waals surface area (Å²) in [6, 6.07) is 7.09. The highest BCUT2D eigenvalue weighted by atomic mass is 35.5. The van der Waals surface area contributed by atoms with Gasteiger partial charge in [0.2, 0.25) is 0 Å². The number of hydrogen-bond acceptors (Lipinski definition) is 4. The second-order valence-corrected chi connectivity index (χ2v) is 6.00. The number of nitriles is 1. The van der Waals surface area contributed by atoms with E-state index < -0.39 is 28.6 Å². The van der Waals surface area contributed by atoms with Gasteiger partial charge in [-0.25, -0.2) is 0 Å². The van der Waals surface area contributed by atoms with Gasteiger partial charge in [0.25, 0.3) is 5.69 Å². The molecule has 0 bridgehead atoms. The van der Waals surface area contributed by atoms with E-state index >= 15 is 0 Å². The Hall–Kier alpha value is -2.86. The Morgan fingerprint density at radius 3 is 2.69 bits per heavy atom. The van der Waals surface area contributed by atoms with E-state index in [0.717, 1.165) is 6.07 Å². The SMILES string of the molecule is N#Cc1cccc2c3c(cc([N+](=O)[O-])c12)N(C(=O)C(F)(F)F)CC3CCl. The number of anilines is 1. The lowest BCUT2D eigenvalue weighted by atomic mass is 9.93. The summed E-state index contributed by atoms with van der Waals surface area (Å²) in [4.78, 5) is 22.9. The third kappa shape index (κ3) is 2.63. The Labute approximate surface area is 149 Å². The van der Waals surface area contributed by atoms with Crippen molar-refractivity contribution in [2.24, 2.45) is 0 Å². The molecule has 1 aliphatic heterocycles. The van der Waals surface area contributed by atoms with Crippen molar-refractivity contribution in [1.82, 2.24) is 0 Å². The highest BCUT2D eigenvalue weighted by molar-refractivity contribution is 6.19. The van der Waals surface area contributed by atoms with Crippen LogP contribution in [0.25, 0.3) is 10.8 Å². The minimum atomic E-state index is -5.13. The first-order chi connectivity index (χ1) is 12.2. The minimum Gasteiger partial charge on any atom is -0.303 e. The van der Waals surface area contributed by atoms with Crippen LogP contribution in [0.5, 0.6) is 0 Å². The van der Waals surface area contributed by atoms with Crippen molar-refractivity contribution in [3.05, 3.63) is 45.5 Å². The van der Waals surface area contributed by atoms with Crippen LogP contribution < -0.4 is 4.90 Å². The van der Waals surface area contributed by atoms with Gasteiger partial charge in [0.15, 0.2) is 0 Å². The first-order valence-corrected chi connectivity index (χ1v) is 7.83. The van der Waals surface area contributed by atoms with Crippen LogP contribution in [0.2, 0.25) is 0 Å². The Bertz CT molecular complexity index is 985. The van der Waals surface area contributed by atoms with E-state index in [2.05, 4.69) is 0 Å². The molecule has 1 unspecified atom stereocenters. The highest BCUT2D eigenvalue weighted by Gasteiger charge is 2.47. The number of halogens is 4. The second kappa shape index (κ2) is 6.14. The largest absolute Gasteiger partial charge is 0.471 e. The standard InChI is InChI=1S/C16H9ClF3N3O3/c17-5-9-7-22(15(24)16(18,19)20)11-4-12(23(25)26)13-8(6-21)2-1-3-10(13)14(9)11/h1-4,9H,5,7H2. The number of nitro groups is 1. The second-order valence-electron chi connectivity index (χ2n) is 5.69. The van der Waals surface area contributed by atoms with E-state index in [1.54, 1.807) is 0 Å². The van der Waals surface area contributed by atoms with Crippen LogP contribution in [-0.2, 0) is 4.79 Å². The molecule has 0 aliphatic carbocycles. The number of nitrogens with zero attached hydrogens (tertiary/aromatic N) is 3. The molecule has 0 saturated heterocycles. The van der Waals surface area contributed by atoms with E-state index in [4.69, 9.17) is 11.6 Å². The fraction of sp³-hybridized carbons (Fsp3) is 0.250. The van der Waals surface area contributed by atoms with Crippen LogP contribution in [0, 0.1) is 21.4 Å². The zero-order valence-electron chi connectivity index (χ0n) is 12.9. The van der Waals surface area contributed by atoms with Crippen molar-refractivity contribution in [3.8, 4) is 6.07 Å². The number of carbonyl (C=O) groups is 1. The van der Waals surface area contributed by atoms with Crippen LogP contribution in [0.1, 0.15) is 17.0 Å². The van der Waals surface area contributed by atoms with Crippen LogP contribution in [0.3, 0.4) is 0 Å². The van der Waals surface area contributed by atoms with Gasteiger partial charge in [0.1, 0.15) is 6.07 Å². The maximum atomic E-state index is 12.9. The zero-order valence-corrected chi connectivity index (χ0v) is 13.6. The molecular formula is C16H9ClF3N3O3. The van der Waals surface area contributed by atoms with Crippen LogP contribution in [-0.4, -0.2) is 29.4 Å². The van der Waals surface area contributed by atoms with Crippen molar-refractivity contribution >= 4 is 39.7 Å². The van der Waals surface area contributed by atoms with Gasteiger partial charge >= 0.3 is 12.1 Å². The number of benzene rings is 2. The average Bonchev–Trinajstić information content (AvgIpc) is 2.97. The van der Waals surface area contributed by atoms with Crippen LogP contribution in [0.4, 0.5) is 24.5 Å². The smallest absolute Gasteiger partial charge is 0.303 e. The molecule has 1 heterocycles. The molecule has 3 rings (SSSR count). The third-order valence-corrected chi connectivity index (χ3v) is 4.63. The minimum absolute atomic E-state index is 0.0194. The Morgan fingerprint density at radius 2 is 2.15 bits per heavy atom. The van der Waals surface area contributed by atoms with Gasteiger partial charge < -0.3 is 4.90 Å². The number of nitro benzene ring substituents is 1. The first-order valence-electron chi connectivity index (χ1n) is 7.29. The third-order valence-electron chi connectivity index (χ3n) is 4.25. The lowest BCUT2D eigenvalue weighted by Crippen LogP contribution is -2.40. The molecule has 1 atom stereocenters. The summed E-state index contributed by atoms with van der Waals surface area (Å²) in [5.41, 5.74) is -0.417. The quantitative estimate of drug-likeness (QED) is 0.447. The summed E-state index contributed by atoms with van der Waals surface area (Å²) in [6.07, 6.45) is -5.13. The zero-order chi connectivity index (χ0) is 19.2. The predicted molar refractivity (Wildman–Crippen MR) is 87.2 cm³/mol. The lowest BCUT2D eigenvalue weighted by molar-refractivity contribution is -0.383. The first kappa shape index (κ1) is 17.9. The number of carbonyl (C=O) groups excluding carboxylic acids is 1. The van der Waals surface area contributed by atoms with E-state index in [0.29, 0.717) is 10.5 Å². The lowest BCUT2D eigenvalue weighted by Gasteiger charge is -2.19. The molecule has 6 nitrogen and oxygen atoms in total. The van der Waals surface area contributed by atoms with Crippen molar-refractivity contribution in [1.29, 1.82) is 5.26 Å². The molecule has 2 aromatic carbocycles. The molecule has 1 aliphatic rings. The molecule has 10 heteroatoms. The molecule has 2 aromatic rings. The van der Waals surface area contributed by atoms with Crippen LogP contribution in [0.15, 0.2) is 24.3 Å². The van der Waals surface area contributed by atoms with Gasteiger partial charge in [0, 0.05) is 24.4 Å². The van der Waals surface area contributed by atoms with E-state index in [9.17, 15) is 33.3 Å². The fourth-order valence-electron chi connectivity index (χ4n) is 3.24. The van der Waals surface area contributed by atoms with Gasteiger partial charge in [-0.05, 0) is 17.0 Å². The molecule has 0 radical (unpaired) electrons. The van der Waals surface area contributed by atoms with Crippen molar-refractivity contribution in [3.63, 3.8) is 0 Å². The van der Waals surface area contributed by atoms with Crippen LogP contribution >= 0.6 is 11.6 Å². The maximum Gasteiger partial charge on any atom is 0.471 e. The Balaban J connectivity index is 2.39. The van der Waals surface area contributed by atoms with Gasteiger partial charge in [-0.3, -0.25) is 14.9 Å². The molecule has 0 aromatic heterocycles. The number of rotatable bonds is 2. The monoisotopic (exact) mass is 383 g/mol. The van der Waals surface area contributed by atoms with Gasteiger partial charge in [-0.15, -0.1) is 11.6 Å². The number of alkyl halides is 4. The fourth-order valence-corrected chi connectivity index (χ4v) is 3.49. The van der Waals surface area contributed by atoms with E-state index in [1.165, 1.54) is 18.2 Å². The van der Waals surface area contributed by atoms with Gasteiger partial charge in [-0.1, -0.05) is 12.1 Å². The van der Waals surface area contributed by atoms with Gasteiger partial charge in [-0.2, -0.15) is 18.4 Å². The Kier molecular flexibility index (Phi) is 4.24. The molecule has 0 spiro atoms. The molecule has 0 saturated carbocycles. The Morgan fingerprint density at radius 1 is 1.46 bits per heavy atom. The number of non-ortho nitro benzene ring substituents is 1. The topological polar surface area (TPSA) is 87.2 Å². The van der Waals surface area contributed by atoms with E-state index in [-0.39, 0.29) is 34.4 Å². The normalized spacial score (nSPS) is 16.4. The highest BCUT2D eigenvalue weighted by Crippen LogP contribution is 2.47. The van der Waals surface area contributed by atoms with E-state index in [1.807, 2.05) is 6.07 Å². The molecule has 0 fully saturated rings. The van der Waals surface area contributed by atoms with Gasteiger partial charge in [0.05, 0.1) is 21.6 Å². The van der Waals surface area contributed by atoms with Crippen molar-refractivity contribution in [2.45, 2.75) is 12.1 Å². The van der Waals surface area contributed by atoms with Crippen molar-refractivity contribution < 1.29 is 22.9 Å². The summed E-state index contributed by atoms with van der Waals surface area (Å²) in [5.74, 6) is -2.84. The molecule has 26 heavy (non-hydrogen) atoms. The molecular weight excluding hydrogens is 375 g/mol. The summed E-state index contributed by atoms with van der Waals surface area (Å²) >= 11 is 5.88. The number of fused-ring (bicyclic) bond motifs is 3. The van der Waals surface area contributed by atoms with Crippen molar-refractivity contribution in [2.75, 3.05) is 17.3 Å². The predicted octanol–water partition coefficient (Wildman–Crippen LogP) is 3.85. The summed E-state index contributed by atoms with van der Waals surface area (Å²) < 4.78 is 38.8. The molecule has 134 valence electrons. The summed E-state index contributed by atoms with van der Waals surface area (Å²) in [5, 5.41) is 21.0. The number of hydrogen-bond donors (Lipinski definition) is 0.